The van der Waals surface area contributed by atoms with Crippen molar-refractivity contribution in [2.24, 2.45) is 0 Å². The molecular weight excluding hydrogens is 736 g/mol. The van der Waals surface area contributed by atoms with Crippen LogP contribution >= 0.6 is 0 Å². The minimum absolute atomic E-state index is 0. The molecule has 0 radical (unpaired) electrons. The van der Waals surface area contributed by atoms with Crippen LogP contribution in [0.3, 0.4) is 0 Å². The van der Waals surface area contributed by atoms with Crippen LogP contribution < -0.4 is 14.5 Å². The molecule has 2 aromatic heterocycles. The first-order valence-electron chi connectivity index (χ1n) is 15.7. The van der Waals surface area contributed by atoms with E-state index in [1.807, 2.05) is 30.6 Å². The van der Waals surface area contributed by atoms with E-state index in [-0.39, 0.29) is 26.5 Å². The maximum Gasteiger partial charge on any atom is 2.00 e. The normalized spacial score (nSPS) is 14.3. The number of anilines is 4. The average molecular weight is 774 g/mol. The van der Waals surface area contributed by atoms with Gasteiger partial charge in [0.25, 0.3) is 0 Å². The molecule has 0 amide bonds. The van der Waals surface area contributed by atoms with E-state index in [0.29, 0.717) is 11.5 Å². The Hall–Kier alpha value is -3.95. The van der Waals surface area contributed by atoms with Crippen molar-refractivity contribution >= 4 is 23.0 Å². The van der Waals surface area contributed by atoms with E-state index < -0.39 is 0 Å². The van der Waals surface area contributed by atoms with Crippen LogP contribution in [0.5, 0.6) is 11.5 Å². The molecule has 0 aliphatic carbocycles. The van der Waals surface area contributed by atoms with Crippen molar-refractivity contribution in [3.63, 3.8) is 0 Å². The molecule has 2 aliphatic heterocycles. The van der Waals surface area contributed by atoms with E-state index in [0.717, 1.165) is 67.3 Å². The molecule has 0 saturated heterocycles. The SMILES string of the molecule is Cc1cc(N2CCCc3ccc(Oc4[c-]c5c(cc4)CCCN5c4cc(C(C)(C)C)ccn4)[c-]c32)ncc1-c1ccccc1.[Pt+2]. The molecular formula is C39H38N4OPt. The molecule has 0 unspecified atom stereocenters. The summed E-state index contributed by atoms with van der Waals surface area (Å²) >= 11 is 0. The summed E-state index contributed by atoms with van der Waals surface area (Å²) in [5.41, 5.74) is 9.49. The second-order valence-corrected chi connectivity index (χ2v) is 12.9. The minimum Gasteiger partial charge on any atom is -0.509 e. The molecule has 0 atom stereocenters. The van der Waals surface area contributed by atoms with Gasteiger partial charge in [0.15, 0.2) is 0 Å². The number of rotatable bonds is 5. The Bertz CT molecular complexity index is 1810. The largest absolute Gasteiger partial charge is 2.00 e. The first-order chi connectivity index (χ1) is 21.3. The number of nitrogens with zero attached hydrogens (tertiary/aromatic N) is 4. The van der Waals surface area contributed by atoms with Crippen molar-refractivity contribution in [1.82, 2.24) is 9.97 Å². The van der Waals surface area contributed by atoms with Crippen LogP contribution in [0.15, 0.2) is 85.2 Å². The smallest absolute Gasteiger partial charge is 0.509 e. The third-order valence-electron chi connectivity index (χ3n) is 8.72. The Morgan fingerprint density at radius 1 is 0.733 bits per heavy atom. The fourth-order valence-electron chi connectivity index (χ4n) is 6.29. The predicted molar refractivity (Wildman–Crippen MR) is 179 cm³/mol. The van der Waals surface area contributed by atoms with E-state index in [2.05, 4.69) is 104 Å². The Kier molecular flexibility index (Phi) is 8.84. The number of pyridine rings is 2. The molecule has 0 fully saturated rings. The Labute approximate surface area is 281 Å². The number of benzene rings is 3. The number of aromatic nitrogens is 2. The van der Waals surface area contributed by atoms with Crippen LogP contribution in [0.25, 0.3) is 11.1 Å². The number of fused-ring (bicyclic) bond motifs is 2. The predicted octanol–water partition coefficient (Wildman–Crippen LogP) is 9.31. The van der Waals surface area contributed by atoms with E-state index in [1.54, 1.807) is 0 Å². The van der Waals surface area contributed by atoms with Crippen LogP contribution in [0.4, 0.5) is 23.0 Å². The zero-order chi connectivity index (χ0) is 30.3. The molecule has 4 heterocycles. The van der Waals surface area contributed by atoms with Gasteiger partial charge in [-0.2, -0.15) is 12.1 Å². The van der Waals surface area contributed by atoms with Gasteiger partial charge in [-0.15, -0.1) is 35.4 Å². The molecule has 0 saturated carbocycles. The molecule has 7 rings (SSSR count). The van der Waals surface area contributed by atoms with E-state index in [9.17, 15) is 0 Å². The van der Waals surface area contributed by atoms with Gasteiger partial charge < -0.3 is 14.5 Å². The molecule has 3 aromatic carbocycles. The molecule has 5 nitrogen and oxygen atoms in total. The first kappa shape index (κ1) is 31.0. The van der Waals surface area contributed by atoms with Crippen LogP contribution in [-0.4, -0.2) is 23.1 Å². The van der Waals surface area contributed by atoms with Gasteiger partial charge in [0.1, 0.15) is 11.6 Å². The summed E-state index contributed by atoms with van der Waals surface area (Å²) in [5.74, 6) is 3.27. The van der Waals surface area contributed by atoms with Crippen LogP contribution in [0.2, 0.25) is 0 Å². The summed E-state index contributed by atoms with van der Waals surface area (Å²) in [6.07, 6.45) is 8.11. The van der Waals surface area contributed by atoms with Crippen LogP contribution in [-0.2, 0) is 39.3 Å². The van der Waals surface area contributed by atoms with E-state index >= 15 is 0 Å². The first-order valence-corrected chi connectivity index (χ1v) is 15.7. The quantitative estimate of drug-likeness (QED) is 0.167. The van der Waals surface area contributed by atoms with Crippen molar-refractivity contribution < 1.29 is 25.8 Å². The number of hydrogen-bond acceptors (Lipinski definition) is 5. The van der Waals surface area contributed by atoms with Gasteiger partial charge in [-0.25, -0.2) is 9.97 Å². The molecule has 0 N–H and O–H groups in total. The maximum atomic E-state index is 6.45. The van der Waals surface area contributed by atoms with Crippen LogP contribution in [0.1, 0.15) is 55.9 Å². The molecule has 2 aliphatic rings. The Balaban J connectivity index is 0.00000357. The monoisotopic (exact) mass is 773 g/mol. The molecule has 0 bridgehead atoms. The molecule has 45 heavy (non-hydrogen) atoms. The van der Waals surface area contributed by atoms with Gasteiger partial charge in [0.2, 0.25) is 0 Å². The summed E-state index contributed by atoms with van der Waals surface area (Å²) in [5, 5.41) is 0. The number of ether oxygens (including phenoxy) is 1. The zero-order valence-electron chi connectivity index (χ0n) is 26.3. The van der Waals surface area contributed by atoms with Crippen molar-refractivity contribution in [3.8, 4) is 22.6 Å². The zero-order valence-corrected chi connectivity index (χ0v) is 28.6. The van der Waals surface area contributed by atoms with Gasteiger partial charge in [-0.3, -0.25) is 0 Å². The van der Waals surface area contributed by atoms with Crippen molar-refractivity contribution in [1.29, 1.82) is 0 Å². The molecule has 0 spiro atoms. The summed E-state index contributed by atoms with van der Waals surface area (Å²) in [6.45, 7) is 10.7. The average Bonchev–Trinajstić information content (AvgIpc) is 3.04. The summed E-state index contributed by atoms with van der Waals surface area (Å²) in [4.78, 5) is 14.2. The fraction of sp³-hybridized carbons (Fsp3) is 0.282. The second kappa shape index (κ2) is 12.8. The van der Waals surface area contributed by atoms with Crippen molar-refractivity contribution in [2.75, 3.05) is 22.9 Å². The van der Waals surface area contributed by atoms with Crippen molar-refractivity contribution in [3.05, 3.63) is 120 Å². The fourth-order valence-corrected chi connectivity index (χ4v) is 6.29. The van der Waals surface area contributed by atoms with Crippen LogP contribution in [0, 0.1) is 19.1 Å². The minimum atomic E-state index is 0. The Morgan fingerprint density at radius 2 is 1.33 bits per heavy atom. The summed E-state index contributed by atoms with van der Waals surface area (Å²) in [7, 11) is 0. The topological polar surface area (TPSA) is 41.5 Å². The third kappa shape index (κ3) is 6.42. The maximum absolute atomic E-state index is 6.45. The summed E-state index contributed by atoms with van der Waals surface area (Å²) < 4.78 is 6.45. The number of aryl methyl sites for hydroxylation is 3. The molecule has 5 aromatic rings. The van der Waals surface area contributed by atoms with Gasteiger partial charge in [0, 0.05) is 42.5 Å². The standard InChI is InChI=1S/C39H38N4O.Pt/c1-27-22-37(41-26-34(27)28-10-6-5-7-11-28)42-20-8-12-29-14-16-32(24-35(29)42)44-33-17-15-30-13-9-21-43(36(30)25-33)38-23-31(18-19-40-38)39(2,3)4;/h5-7,10-11,14-19,22-23,26H,8-9,12-13,20-21H2,1-4H3;/q-2;+2. The van der Waals surface area contributed by atoms with Gasteiger partial charge in [-0.1, -0.05) is 75.3 Å². The van der Waals surface area contributed by atoms with Crippen molar-refractivity contribution in [2.45, 2.75) is 58.8 Å². The van der Waals surface area contributed by atoms with Gasteiger partial charge >= 0.3 is 21.1 Å². The third-order valence-corrected chi connectivity index (χ3v) is 8.72. The van der Waals surface area contributed by atoms with Gasteiger partial charge in [-0.05, 0) is 60.1 Å². The molecule has 230 valence electrons. The summed E-state index contributed by atoms with van der Waals surface area (Å²) in [6, 6.07) is 32.5. The van der Waals surface area contributed by atoms with Gasteiger partial charge in [0.05, 0.1) is 0 Å². The Morgan fingerprint density at radius 3 is 1.91 bits per heavy atom. The number of hydrogen-bond donors (Lipinski definition) is 0. The second-order valence-electron chi connectivity index (χ2n) is 12.9. The van der Waals surface area contributed by atoms with E-state index in [4.69, 9.17) is 14.7 Å². The van der Waals surface area contributed by atoms with E-state index in [1.165, 1.54) is 27.8 Å². The molecule has 6 heteroatoms.